The van der Waals surface area contributed by atoms with Crippen LogP contribution in [0, 0.1) is 10.1 Å². The van der Waals surface area contributed by atoms with Crippen molar-refractivity contribution < 1.29 is 10.0 Å². The fraction of sp³-hybridized carbons (Fsp3) is 0.500. The number of β-amino-alcohol motifs (C(OH)–C–C–N with tert-alkyl or cyclic N) is 1. The Morgan fingerprint density at radius 3 is 3.18 bits per heavy atom. The van der Waals surface area contributed by atoms with Crippen molar-refractivity contribution in [1.29, 1.82) is 0 Å². The smallest absolute Gasteiger partial charge is 0.345 e. The molecule has 1 aliphatic heterocycles. The van der Waals surface area contributed by atoms with Crippen molar-refractivity contribution in [2.24, 2.45) is 4.99 Å². The Bertz CT molecular complexity index is 448. The second kappa shape index (κ2) is 5.43. The first kappa shape index (κ1) is 12.3. The Labute approximate surface area is 105 Å². The van der Waals surface area contributed by atoms with E-state index in [1.54, 1.807) is 11.8 Å². The van der Waals surface area contributed by atoms with Crippen molar-refractivity contribution in [1.82, 2.24) is 9.88 Å². The number of rotatable bonds is 4. The van der Waals surface area contributed by atoms with Crippen molar-refractivity contribution in [3.05, 3.63) is 16.3 Å². The lowest BCUT2D eigenvalue weighted by Crippen LogP contribution is -2.27. The third kappa shape index (κ3) is 2.93. The third-order valence-electron chi connectivity index (χ3n) is 2.09. The van der Waals surface area contributed by atoms with Crippen LogP contribution in [0.5, 0.6) is 0 Å². The van der Waals surface area contributed by atoms with Gasteiger partial charge in [0.1, 0.15) is 6.20 Å². The summed E-state index contributed by atoms with van der Waals surface area (Å²) >= 11 is 2.51. The molecule has 0 spiro atoms. The van der Waals surface area contributed by atoms with Gasteiger partial charge in [0.25, 0.3) is 0 Å². The molecule has 1 fully saturated rings. The highest BCUT2D eigenvalue weighted by molar-refractivity contribution is 8.14. The second-order valence-electron chi connectivity index (χ2n) is 3.19. The summed E-state index contributed by atoms with van der Waals surface area (Å²) in [6.45, 7) is 1.43. The number of aromatic nitrogens is 1. The number of amidine groups is 1. The van der Waals surface area contributed by atoms with Crippen LogP contribution >= 0.6 is 23.1 Å². The van der Waals surface area contributed by atoms with Crippen LogP contribution in [0.15, 0.2) is 11.2 Å². The van der Waals surface area contributed by atoms with E-state index in [-0.39, 0.29) is 11.6 Å². The zero-order chi connectivity index (χ0) is 12.3. The molecule has 2 rings (SSSR count). The number of aliphatic imine (C=N–C) groups is 1. The van der Waals surface area contributed by atoms with Crippen molar-refractivity contribution in [2.45, 2.75) is 0 Å². The van der Waals surface area contributed by atoms with E-state index in [4.69, 9.17) is 5.11 Å². The van der Waals surface area contributed by atoms with Crippen molar-refractivity contribution >= 4 is 38.4 Å². The van der Waals surface area contributed by atoms with Gasteiger partial charge in [-0.2, -0.15) is 4.99 Å². The highest BCUT2D eigenvalue weighted by atomic mass is 32.2. The maximum Gasteiger partial charge on any atom is 0.345 e. The molecule has 17 heavy (non-hydrogen) atoms. The topological polar surface area (TPSA) is 91.9 Å². The lowest BCUT2D eigenvalue weighted by Gasteiger charge is -2.14. The van der Waals surface area contributed by atoms with Crippen LogP contribution in [0.3, 0.4) is 0 Å². The summed E-state index contributed by atoms with van der Waals surface area (Å²) in [6.07, 6.45) is 1.21. The Morgan fingerprint density at radius 2 is 2.53 bits per heavy atom. The lowest BCUT2D eigenvalue weighted by molar-refractivity contribution is -0.380. The van der Waals surface area contributed by atoms with E-state index in [0.29, 0.717) is 11.7 Å². The van der Waals surface area contributed by atoms with Crippen LogP contribution in [-0.4, -0.2) is 50.5 Å². The van der Waals surface area contributed by atoms with Gasteiger partial charge in [-0.25, -0.2) is 4.98 Å². The highest BCUT2D eigenvalue weighted by Crippen LogP contribution is 2.29. The number of hydrogen-bond acceptors (Lipinski definition) is 7. The standard InChI is InChI=1S/C8H10N4O3S2/c13-3-1-11-2-4-16-8(11)10-7-9-5-6(17-7)12(14)15/h5,13H,1-4H2. The fourth-order valence-corrected chi connectivity index (χ4v) is 3.01. The number of aliphatic hydroxyl groups excluding tert-OH is 1. The van der Waals surface area contributed by atoms with Crippen LogP contribution < -0.4 is 0 Å². The average molecular weight is 274 g/mol. The fourth-order valence-electron chi connectivity index (χ4n) is 1.34. The molecule has 92 valence electrons. The van der Waals surface area contributed by atoms with Gasteiger partial charge in [0.2, 0.25) is 5.13 Å². The van der Waals surface area contributed by atoms with Crippen molar-refractivity contribution in [2.75, 3.05) is 25.4 Å². The molecule has 1 aromatic heterocycles. The summed E-state index contributed by atoms with van der Waals surface area (Å²) in [4.78, 5) is 20.1. The number of thiazole rings is 1. The van der Waals surface area contributed by atoms with Gasteiger partial charge >= 0.3 is 5.00 Å². The van der Waals surface area contributed by atoms with Crippen LogP contribution in [0.1, 0.15) is 0 Å². The van der Waals surface area contributed by atoms with E-state index in [2.05, 4.69) is 9.98 Å². The molecule has 0 radical (unpaired) electrons. The first-order valence-corrected chi connectivity index (χ1v) is 6.68. The van der Waals surface area contributed by atoms with Gasteiger partial charge in [-0.05, 0) is 11.3 Å². The molecule has 7 nitrogen and oxygen atoms in total. The molecule has 0 aliphatic carbocycles. The summed E-state index contributed by atoms with van der Waals surface area (Å²) < 4.78 is 0. The van der Waals surface area contributed by atoms with Crippen molar-refractivity contribution in [3.8, 4) is 0 Å². The van der Waals surface area contributed by atoms with E-state index in [0.717, 1.165) is 28.8 Å². The Morgan fingerprint density at radius 1 is 1.71 bits per heavy atom. The molecule has 1 aliphatic rings. The summed E-state index contributed by atoms with van der Waals surface area (Å²) in [5.41, 5.74) is 0. The first-order chi connectivity index (χ1) is 8.20. The Kier molecular flexibility index (Phi) is 3.92. The molecule has 0 atom stereocenters. The molecule has 0 bridgehead atoms. The number of thioether (sulfide) groups is 1. The third-order valence-corrected chi connectivity index (χ3v) is 3.92. The maximum absolute atomic E-state index is 10.5. The van der Waals surface area contributed by atoms with Gasteiger partial charge in [0.15, 0.2) is 5.17 Å². The van der Waals surface area contributed by atoms with Crippen molar-refractivity contribution in [3.63, 3.8) is 0 Å². The number of nitro groups is 1. The number of hydrogen-bond donors (Lipinski definition) is 1. The average Bonchev–Trinajstić information content (AvgIpc) is 2.90. The molecule has 0 amide bonds. The Balaban J connectivity index is 2.14. The van der Waals surface area contributed by atoms with Crippen LogP contribution in [0.4, 0.5) is 10.1 Å². The van der Waals surface area contributed by atoms with Gasteiger partial charge in [-0.1, -0.05) is 11.8 Å². The van der Waals surface area contributed by atoms with Crippen LogP contribution in [0.25, 0.3) is 0 Å². The molecule has 0 unspecified atom stereocenters. The molecule has 1 saturated heterocycles. The predicted molar refractivity (Wildman–Crippen MR) is 67.0 cm³/mol. The van der Waals surface area contributed by atoms with Gasteiger partial charge in [0, 0.05) is 18.8 Å². The van der Waals surface area contributed by atoms with Gasteiger partial charge in [-0.3, -0.25) is 10.1 Å². The molecule has 1 N–H and O–H groups in total. The summed E-state index contributed by atoms with van der Waals surface area (Å²) in [6, 6.07) is 0. The zero-order valence-electron chi connectivity index (χ0n) is 8.77. The van der Waals surface area contributed by atoms with E-state index >= 15 is 0 Å². The zero-order valence-corrected chi connectivity index (χ0v) is 10.4. The van der Waals surface area contributed by atoms with Gasteiger partial charge in [-0.15, -0.1) is 0 Å². The van der Waals surface area contributed by atoms with E-state index in [1.807, 2.05) is 4.90 Å². The van der Waals surface area contributed by atoms with Gasteiger partial charge < -0.3 is 10.0 Å². The Hall–Kier alpha value is -1.19. The van der Waals surface area contributed by atoms with E-state index in [1.165, 1.54) is 6.20 Å². The minimum Gasteiger partial charge on any atom is -0.395 e. The largest absolute Gasteiger partial charge is 0.395 e. The summed E-state index contributed by atoms with van der Waals surface area (Å²) in [5.74, 6) is 0.909. The van der Waals surface area contributed by atoms with Gasteiger partial charge in [0.05, 0.1) is 11.5 Å². The van der Waals surface area contributed by atoms with Crippen LogP contribution in [0.2, 0.25) is 0 Å². The molecule has 9 heteroatoms. The molecule has 0 aromatic carbocycles. The molecular weight excluding hydrogens is 264 g/mol. The second-order valence-corrected chi connectivity index (χ2v) is 5.24. The normalized spacial score (nSPS) is 17.9. The highest BCUT2D eigenvalue weighted by Gasteiger charge is 2.20. The first-order valence-electron chi connectivity index (χ1n) is 4.88. The number of aliphatic hydroxyl groups is 1. The monoisotopic (exact) mass is 274 g/mol. The van der Waals surface area contributed by atoms with Crippen LogP contribution in [-0.2, 0) is 0 Å². The lowest BCUT2D eigenvalue weighted by atomic mass is 10.5. The quantitative estimate of drug-likeness (QED) is 0.652. The molecule has 0 saturated carbocycles. The summed E-state index contributed by atoms with van der Waals surface area (Å²) in [5, 5.41) is 20.5. The molecular formula is C8H10N4O3S2. The minimum atomic E-state index is -0.478. The predicted octanol–water partition coefficient (Wildman–Crippen LogP) is 1.08. The molecule has 1 aromatic rings. The number of nitrogens with zero attached hydrogens (tertiary/aromatic N) is 4. The SMILES string of the molecule is O=[N+]([O-])c1cnc(N=C2SCCN2CCO)s1. The summed E-state index contributed by atoms with van der Waals surface area (Å²) in [7, 11) is 0. The molecule has 2 heterocycles. The minimum absolute atomic E-state index is 0.0129. The van der Waals surface area contributed by atoms with E-state index < -0.39 is 4.92 Å². The maximum atomic E-state index is 10.5. The van der Waals surface area contributed by atoms with E-state index in [9.17, 15) is 10.1 Å².